The minimum Gasteiger partial charge on any atom is -0.493 e. The van der Waals surface area contributed by atoms with Crippen LogP contribution in [0.25, 0.3) is 0 Å². The molecular weight excluding hydrogens is 965 g/mol. The van der Waals surface area contributed by atoms with Crippen molar-refractivity contribution in [3.05, 3.63) is 17.7 Å². The fourth-order valence-electron chi connectivity index (χ4n) is 9.19. The van der Waals surface area contributed by atoms with Gasteiger partial charge in [0.1, 0.15) is 12.7 Å². The minimum absolute atomic E-state index is 0.00189. The molecule has 0 N–H and O–H groups in total. The van der Waals surface area contributed by atoms with Crippen molar-refractivity contribution in [2.45, 2.75) is 258 Å². The number of hydrogen-bond acceptors (Lipinski definition) is 14. The summed E-state index contributed by atoms with van der Waals surface area (Å²) in [4.78, 5) is 68.3. The van der Waals surface area contributed by atoms with E-state index in [9.17, 15) is 24.0 Å². The van der Waals surface area contributed by atoms with Gasteiger partial charge in [-0.2, -0.15) is 0 Å². The highest BCUT2D eigenvalue weighted by molar-refractivity contribution is 5.91. The molecule has 0 saturated heterocycles. The van der Waals surface area contributed by atoms with Crippen molar-refractivity contribution < 1.29 is 57.1 Å². The lowest BCUT2D eigenvalue weighted by Crippen LogP contribution is -2.30. The summed E-state index contributed by atoms with van der Waals surface area (Å²) in [6.07, 6.45) is 36.4. The van der Waals surface area contributed by atoms with E-state index in [4.69, 9.17) is 33.2 Å². The molecule has 0 aliphatic carbocycles. The third kappa shape index (κ3) is 39.5. The normalized spacial score (nSPS) is 11.3. The second kappa shape index (κ2) is 49.4. The summed E-state index contributed by atoms with van der Waals surface area (Å²) in [6, 6.07) is 2.85. The first kappa shape index (κ1) is 70.1. The van der Waals surface area contributed by atoms with E-state index >= 15 is 0 Å². The van der Waals surface area contributed by atoms with Gasteiger partial charge in [0, 0.05) is 25.9 Å². The predicted octanol–water partition coefficient (Wildman–Crippen LogP) is 14.7. The number of unbranched alkanes of at least 4 members (excludes halogenated alkanes) is 24. The number of carbonyl (C=O) groups is 5. The van der Waals surface area contributed by atoms with Gasteiger partial charge < -0.3 is 38.1 Å². The molecular formula is C62H110N2O12. The number of carbonyl (C=O) groups excluding carboxylic acids is 5. The lowest BCUT2D eigenvalue weighted by Gasteiger charge is -2.22. The maximum Gasteiger partial charge on any atom is 0.338 e. The zero-order chi connectivity index (χ0) is 55.7. The molecule has 76 heavy (non-hydrogen) atoms. The first-order valence-electron chi connectivity index (χ1n) is 30.5. The van der Waals surface area contributed by atoms with Gasteiger partial charge in [-0.05, 0) is 104 Å². The second-order valence-electron chi connectivity index (χ2n) is 21.1. The molecule has 0 heterocycles. The highest BCUT2D eigenvalue weighted by Gasteiger charge is 2.22. The van der Waals surface area contributed by atoms with E-state index in [1.54, 1.807) is 0 Å². The SMILES string of the molecule is CCCCCCCCCCCOC(=O)CCCCCN(CCCCCCCC(=O)OC(CCCCCCCC)CCCCCCCC)CCOC(=O)CCC(=O)Oc1c(OC)cc(C(=O)OCCCN(C)C)cc1OC. The lowest BCUT2D eigenvalue weighted by atomic mass is 10.0. The van der Waals surface area contributed by atoms with Crippen molar-refractivity contribution in [1.29, 1.82) is 0 Å². The van der Waals surface area contributed by atoms with Gasteiger partial charge in [0.05, 0.1) is 45.8 Å². The van der Waals surface area contributed by atoms with Crippen molar-refractivity contribution in [2.75, 3.05) is 74.3 Å². The summed E-state index contributed by atoms with van der Waals surface area (Å²) in [5.74, 6) is -1.71. The number of rotatable bonds is 53. The van der Waals surface area contributed by atoms with Crippen LogP contribution in [0.5, 0.6) is 17.2 Å². The van der Waals surface area contributed by atoms with Crippen LogP contribution in [0.1, 0.15) is 262 Å². The van der Waals surface area contributed by atoms with Gasteiger partial charge in [-0.3, -0.25) is 24.1 Å². The predicted molar refractivity (Wildman–Crippen MR) is 305 cm³/mol. The van der Waals surface area contributed by atoms with Gasteiger partial charge >= 0.3 is 29.8 Å². The highest BCUT2D eigenvalue weighted by atomic mass is 16.6. The van der Waals surface area contributed by atoms with Crippen molar-refractivity contribution in [3.8, 4) is 17.2 Å². The maximum absolute atomic E-state index is 13.0. The Kier molecular flexibility index (Phi) is 45.6. The molecule has 0 bridgehead atoms. The van der Waals surface area contributed by atoms with Gasteiger partial charge in [-0.1, -0.05) is 162 Å². The number of hydrogen-bond donors (Lipinski definition) is 0. The smallest absolute Gasteiger partial charge is 0.338 e. The molecule has 0 atom stereocenters. The third-order valence-corrected chi connectivity index (χ3v) is 13.9. The van der Waals surface area contributed by atoms with Gasteiger partial charge in [-0.15, -0.1) is 0 Å². The van der Waals surface area contributed by atoms with Crippen LogP contribution in [-0.2, 0) is 38.1 Å². The fraction of sp³-hybridized carbons (Fsp3) is 0.823. The number of methoxy groups -OCH3 is 2. The van der Waals surface area contributed by atoms with Gasteiger partial charge in [0.2, 0.25) is 5.75 Å². The molecule has 1 aromatic rings. The standard InChI is InChI=1S/C62H110N2O12/c1-8-11-14-17-20-21-22-28-36-48-72-57(65)40-33-29-35-46-64(45-34-27-23-26-32-41-59(67)75-54(38-30-24-18-15-12-9-2)39-31-25-19-16-13-10-3)47-50-73-58(66)42-43-60(68)76-61-55(70-6)51-53(52-56(61)71-7)62(69)74-49-37-44-63(4)5/h51-52,54H,8-50H2,1-7H3. The Morgan fingerprint density at radius 2 is 0.842 bits per heavy atom. The molecule has 0 aromatic heterocycles. The molecule has 1 rings (SSSR count). The van der Waals surface area contributed by atoms with Crippen LogP contribution >= 0.6 is 0 Å². The Hall–Kier alpha value is -3.91. The Labute approximate surface area is 462 Å². The number of esters is 5. The highest BCUT2D eigenvalue weighted by Crippen LogP contribution is 2.39. The molecule has 0 fully saturated rings. The van der Waals surface area contributed by atoms with Crippen LogP contribution in [0.4, 0.5) is 0 Å². The molecule has 1 aromatic carbocycles. The summed E-state index contributed by atoms with van der Waals surface area (Å²) in [5.41, 5.74) is 0.185. The minimum atomic E-state index is -0.686. The van der Waals surface area contributed by atoms with Crippen LogP contribution in [-0.4, -0.2) is 120 Å². The van der Waals surface area contributed by atoms with Gasteiger partial charge in [0.25, 0.3) is 0 Å². The molecule has 0 aliphatic rings. The number of ether oxygens (including phenoxy) is 7. The Morgan fingerprint density at radius 1 is 0.421 bits per heavy atom. The van der Waals surface area contributed by atoms with E-state index < -0.39 is 17.9 Å². The molecule has 14 heteroatoms. The first-order chi connectivity index (χ1) is 37.0. The maximum atomic E-state index is 13.0. The number of nitrogens with zero attached hydrogens (tertiary/aromatic N) is 2. The van der Waals surface area contributed by atoms with Crippen molar-refractivity contribution in [2.24, 2.45) is 0 Å². The van der Waals surface area contributed by atoms with Gasteiger partial charge in [0.15, 0.2) is 11.5 Å². The summed E-state index contributed by atoms with van der Waals surface area (Å²) in [7, 11) is 6.66. The van der Waals surface area contributed by atoms with Gasteiger partial charge in [-0.25, -0.2) is 4.79 Å². The van der Waals surface area contributed by atoms with E-state index in [2.05, 4.69) is 25.7 Å². The van der Waals surface area contributed by atoms with E-state index in [0.717, 1.165) is 110 Å². The Balaban J connectivity index is 2.66. The molecule has 0 aliphatic heterocycles. The largest absolute Gasteiger partial charge is 0.493 e. The first-order valence-corrected chi connectivity index (χ1v) is 30.5. The molecule has 0 amide bonds. The van der Waals surface area contributed by atoms with Crippen molar-refractivity contribution >= 4 is 29.8 Å². The summed E-state index contributed by atoms with van der Waals surface area (Å²) in [6.45, 7) is 10.6. The molecule has 440 valence electrons. The van der Waals surface area contributed by atoms with Crippen LogP contribution in [0.2, 0.25) is 0 Å². The fourth-order valence-corrected chi connectivity index (χ4v) is 9.19. The van der Waals surface area contributed by atoms with Crippen LogP contribution < -0.4 is 14.2 Å². The molecule has 0 spiro atoms. The molecule has 0 unspecified atom stereocenters. The molecule has 0 saturated carbocycles. The van der Waals surface area contributed by atoms with E-state index in [1.807, 2.05) is 19.0 Å². The van der Waals surface area contributed by atoms with E-state index in [0.29, 0.717) is 32.4 Å². The van der Waals surface area contributed by atoms with Crippen LogP contribution in [0.15, 0.2) is 12.1 Å². The lowest BCUT2D eigenvalue weighted by molar-refractivity contribution is -0.150. The van der Waals surface area contributed by atoms with E-state index in [-0.39, 0.29) is 66.9 Å². The quantitative estimate of drug-likeness (QED) is 0.0263. The second-order valence-corrected chi connectivity index (χ2v) is 21.1. The number of benzene rings is 1. The summed E-state index contributed by atoms with van der Waals surface area (Å²) in [5, 5.41) is 0. The molecule has 0 radical (unpaired) electrons. The zero-order valence-electron chi connectivity index (χ0n) is 49.4. The van der Waals surface area contributed by atoms with Crippen LogP contribution in [0, 0.1) is 0 Å². The van der Waals surface area contributed by atoms with Crippen molar-refractivity contribution in [1.82, 2.24) is 9.80 Å². The van der Waals surface area contributed by atoms with E-state index in [1.165, 1.54) is 136 Å². The summed E-state index contributed by atoms with van der Waals surface area (Å²) < 4.78 is 39.0. The Bertz CT molecular complexity index is 1580. The van der Waals surface area contributed by atoms with Crippen molar-refractivity contribution in [3.63, 3.8) is 0 Å². The summed E-state index contributed by atoms with van der Waals surface area (Å²) >= 11 is 0. The monoisotopic (exact) mass is 1070 g/mol. The topological polar surface area (TPSA) is 156 Å². The average molecular weight is 1080 g/mol. The Morgan fingerprint density at radius 3 is 1.37 bits per heavy atom. The average Bonchev–Trinajstić information content (AvgIpc) is 3.40. The molecule has 14 nitrogen and oxygen atoms in total. The third-order valence-electron chi connectivity index (χ3n) is 13.9. The zero-order valence-corrected chi connectivity index (χ0v) is 49.4. The van der Waals surface area contributed by atoms with Crippen LogP contribution in [0.3, 0.4) is 0 Å².